The molecule has 0 aliphatic heterocycles. The minimum atomic E-state index is -1.09. The summed E-state index contributed by atoms with van der Waals surface area (Å²) in [7, 11) is 1.53. The van der Waals surface area contributed by atoms with E-state index in [1.54, 1.807) is 37.3 Å². The maximum absolute atomic E-state index is 13.6. The van der Waals surface area contributed by atoms with Gasteiger partial charge in [0, 0.05) is 34.0 Å². The molecule has 0 aliphatic carbocycles. The van der Waals surface area contributed by atoms with Gasteiger partial charge in [-0.2, -0.15) is 0 Å². The third kappa shape index (κ3) is 5.34. The maximum Gasteiger partial charge on any atom is 0.356 e. The summed E-state index contributed by atoms with van der Waals surface area (Å²) in [6.45, 7) is 1.75. The Morgan fingerprint density at radius 3 is 2.33 bits per heavy atom. The molecule has 1 N–H and O–H groups in total. The monoisotopic (exact) mass is 557 g/mol. The van der Waals surface area contributed by atoms with Crippen LogP contribution in [-0.2, 0) is 16.6 Å². The molecule has 0 fully saturated rings. The molecule has 3 aromatic carbocycles. The van der Waals surface area contributed by atoms with Crippen molar-refractivity contribution in [2.45, 2.75) is 19.4 Å². The molecule has 7 nitrogen and oxygen atoms in total. The summed E-state index contributed by atoms with van der Waals surface area (Å²) < 4.78 is 7.01. The second-order valence-corrected chi connectivity index (χ2v) is 10.1. The zero-order valence-corrected chi connectivity index (χ0v) is 22.8. The van der Waals surface area contributed by atoms with Gasteiger partial charge in [-0.05, 0) is 35.6 Å². The number of anilines is 1. The minimum Gasteiger partial charge on any atom is -0.448 e. The van der Waals surface area contributed by atoms with Gasteiger partial charge in [0.15, 0.2) is 11.2 Å². The summed E-state index contributed by atoms with van der Waals surface area (Å²) in [4.78, 5) is 44.4. The van der Waals surface area contributed by atoms with E-state index < -0.39 is 18.0 Å². The Labute approximate surface area is 233 Å². The second-order valence-electron chi connectivity index (χ2n) is 8.84. The van der Waals surface area contributed by atoms with E-state index in [0.29, 0.717) is 32.2 Å². The van der Waals surface area contributed by atoms with Crippen molar-refractivity contribution >= 4 is 50.7 Å². The van der Waals surface area contributed by atoms with Crippen LogP contribution in [-0.4, -0.2) is 27.5 Å². The van der Waals surface area contributed by atoms with E-state index in [0.717, 1.165) is 11.1 Å². The van der Waals surface area contributed by atoms with Gasteiger partial charge in [0.25, 0.3) is 11.5 Å². The third-order valence-electron chi connectivity index (χ3n) is 6.35. The van der Waals surface area contributed by atoms with Crippen LogP contribution in [0.15, 0.2) is 89.0 Å². The first-order valence-corrected chi connectivity index (χ1v) is 13.5. The van der Waals surface area contributed by atoms with Crippen LogP contribution >= 0.6 is 22.9 Å². The molecule has 0 spiro atoms. The van der Waals surface area contributed by atoms with Crippen LogP contribution in [0.4, 0.5) is 5.13 Å². The van der Waals surface area contributed by atoms with Crippen LogP contribution in [0.3, 0.4) is 0 Å². The Kier molecular flexibility index (Phi) is 7.58. The molecule has 0 saturated carbocycles. The van der Waals surface area contributed by atoms with E-state index in [1.807, 2.05) is 53.9 Å². The normalized spacial score (nSPS) is 11.8. The van der Waals surface area contributed by atoms with Crippen molar-refractivity contribution in [2.24, 2.45) is 7.05 Å². The van der Waals surface area contributed by atoms with Gasteiger partial charge in [-0.1, -0.05) is 79.2 Å². The number of fused-ring (bicyclic) bond motifs is 1. The van der Waals surface area contributed by atoms with Crippen molar-refractivity contribution in [2.75, 3.05) is 5.32 Å². The number of nitrogens with one attached hydrogen (secondary N) is 1. The number of carbonyl (C=O) groups excluding carboxylic acids is 2. The number of hydrogen-bond acceptors (Lipinski definition) is 6. The van der Waals surface area contributed by atoms with Gasteiger partial charge in [0.1, 0.15) is 5.69 Å². The van der Waals surface area contributed by atoms with Crippen LogP contribution in [0.2, 0.25) is 5.02 Å². The summed E-state index contributed by atoms with van der Waals surface area (Å²) in [6, 6.07) is 23.7. The number of thiazole rings is 1. The summed E-state index contributed by atoms with van der Waals surface area (Å²) in [5, 5.41) is 6.69. The lowest BCUT2D eigenvalue weighted by molar-refractivity contribution is -0.124. The molecule has 0 saturated heterocycles. The lowest BCUT2D eigenvalue weighted by atomic mass is 9.97. The number of nitrogens with zero attached hydrogens (tertiary/aromatic N) is 2. The van der Waals surface area contributed by atoms with Crippen molar-refractivity contribution in [3.05, 3.63) is 105 Å². The molecule has 2 heterocycles. The van der Waals surface area contributed by atoms with Crippen LogP contribution < -0.4 is 10.9 Å². The SMILES string of the molecule is CCC(OC(=O)c1c(-c2ccccc2)c2ccccc2c(=O)n1C)C(=O)Nc1nc(-c2ccc(Cl)cc2)cs1. The number of amides is 1. The number of ether oxygens (including phenoxy) is 1. The van der Waals surface area contributed by atoms with Crippen molar-refractivity contribution in [3.63, 3.8) is 0 Å². The van der Waals surface area contributed by atoms with Crippen molar-refractivity contribution in [1.29, 1.82) is 0 Å². The zero-order chi connectivity index (χ0) is 27.5. The van der Waals surface area contributed by atoms with Crippen LogP contribution in [0.5, 0.6) is 0 Å². The lowest BCUT2D eigenvalue weighted by Crippen LogP contribution is -2.34. The maximum atomic E-state index is 13.6. The average Bonchev–Trinajstić information content (AvgIpc) is 3.42. The fourth-order valence-electron chi connectivity index (χ4n) is 4.38. The molecule has 0 radical (unpaired) electrons. The fourth-order valence-corrected chi connectivity index (χ4v) is 5.23. The Bertz CT molecular complexity index is 1730. The number of hydrogen-bond donors (Lipinski definition) is 1. The molecule has 0 aliphatic rings. The number of halogens is 1. The number of aromatic nitrogens is 2. The van der Waals surface area contributed by atoms with Crippen LogP contribution in [0.25, 0.3) is 33.2 Å². The Hall–Kier alpha value is -4.27. The first-order valence-electron chi connectivity index (χ1n) is 12.3. The molecule has 1 atom stereocenters. The molecular weight excluding hydrogens is 534 g/mol. The molecule has 1 unspecified atom stereocenters. The lowest BCUT2D eigenvalue weighted by Gasteiger charge is -2.20. The Balaban J connectivity index is 1.44. The standard InChI is InChI=1S/C30H24ClN3O4S/c1-3-24(27(35)33-30-32-23(17-39-30)18-13-15-20(31)16-14-18)38-29(37)26-25(19-9-5-4-6-10-19)21-11-7-8-12-22(21)28(36)34(26)2/h4-17,24H,3H2,1-2H3,(H,32,33,35). The second kappa shape index (κ2) is 11.2. The number of rotatable bonds is 7. The van der Waals surface area contributed by atoms with E-state index in [1.165, 1.54) is 23.0 Å². The van der Waals surface area contributed by atoms with Gasteiger partial charge < -0.3 is 9.30 Å². The first kappa shape index (κ1) is 26.3. The highest BCUT2D eigenvalue weighted by Gasteiger charge is 2.28. The molecule has 196 valence electrons. The molecule has 9 heteroatoms. The minimum absolute atomic E-state index is 0.0791. The molecule has 5 aromatic rings. The highest BCUT2D eigenvalue weighted by molar-refractivity contribution is 7.14. The quantitative estimate of drug-likeness (QED) is 0.229. The van der Waals surface area contributed by atoms with Gasteiger partial charge in [-0.3, -0.25) is 14.9 Å². The van der Waals surface area contributed by atoms with E-state index in [2.05, 4.69) is 10.3 Å². The van der Waals surface area contributed by atoms with Crippen molar-refractivity contribution in [1.82, 2.24) is 9.55 Å². The predicted molar refractivity (Wildman–Crippen MR) is 155 cm³/mol. The summed E-state index contributed by atoms with van der Waals surface area (Å²) in [6.07, 6.45) is -0.861. The number of benzene rings is 3. The van der Waals surface area contributed by atoms with Gasteiger partial charge in [0.05, 0.1) is 5.69 Å². The third-order valence-corrected chi connectivity index (χ3v) is 7.36. The summed E-state index contributed by atoms with van der Waals surface area (Å²) >= 11 is 7.23. The number of carbonyl (C=O) groups is 2. The zero-order valence-electron chi connectivity index (χ0n) is 21.2. The van der Waals surface area contributed by atoms with Gasteiger partial charge in [-0.25, -0.2) is 9.78 Å². The molecule has 1 amide bonds. The fraction of sp³-hybridized carbons (Fsp3) is 0.133. The molecule has 0 bridgehead atoms. The average molecular weight is 558 g/mol. The van der Waals surface area contributed by atoms with Crippen LogP contribution in [0, 0.1) is 0 Å². The number of pyridine rings is 1. The highest BCUT2D eigenvalue weighted by atomic mass is 35.5. The Morgan fingerprint density at radius 2 is 1.64 bits per heavy atom. The van der Waals surface area contributed by atoms with E-state index in [-0.39, 0.29) is 17.7 Å². The van der Waals surface area contributed by atoms with Gasteiger partial charge >= 0.3 is 5.97 Å². The van der Waals surface area contributed by atoms with Crippen molar-refractivity contribution in [3.8, 4) is 22.4 Å². The molecule has 39 heavy (non-hydrogen) atoms. The van der Waals surface area contributed by atoms with Crippen LogP contribution in [0.1, 0.15) is 23.8 Å². The first-order chi connectivity index (χ1) is 18.9. The van der Waals surface area contributed by atoms with E-state index >= 15 is 0 Å². The Morgan fingerprint density at radius 1 is 0.974 bits per heavy atom. The van der Waals surface area contributed by atoms with E-state index in [9.17, 15) is 14.4 Å². The number of esters is 1. The molecule has 2 aromatic heterocycles. The summed E-state index contributed by atoms with van der Waals surface area (Å²) in [5.41, 5.74) is 2.63. The smallest absolute Gasteiger partial charge is 0.356 e. The highest BCUT2D eigenvalue weighted by Crippen LogP contribution is 2.31. The van der Waals surface area contributed by atoms with Gasteiger partial charge in [-0.15, -0.1) is 11.3 Å². The molecule has 5 rings (SSSR count). The van der Waals surface area contributed by atoms with Gasteiger partial charge in [0.2, 0.25) is 0 Å². The molecular formula is C30H24ClN3O4S. The largest absolute Gasteiger partial charge is 0.448 e. The van der Waals surface area contributed by atoms with Crippen molar-refractivity contribution < 1.29 is 14.3 Å². The predicted octanol–water partition coefficient (Wildman–Crippen LogP) is 6.56. The topological polar surface area (TPSA) is 90.3 Å². The summed E-state index contributed by atoms with van der Waals surface area (Å²) in [5.74, 6) is -1.27. The van der Waals surface area contributed by atoms with E-state index in [4.69, 9.17) is 16.3 Å².